The van der Waals surface area contributed by atoms with Crippen molar-refractivity contribution < 1.29 is 12.6 Å². The highest BCUT2D eigenvalue weighted by Crippen LogP contribution is 2.32. The van der Waals surface area contributed by atoms with Gasteiger partial charge in [0.15, 0.2) is 0 Å². The van der Waals surface area contributed by atoms with E-state index in [1.54, 1.807) is 0 Å². The third-order valence-corrected chi connectivity index (χ3v) is 3.39. The predicted molar refractivity (Wildman–Crippen MR) is 59.6 cm³/mol. The van der Waals surface area contributed by atoms with Crippen LogP contribution in [0.4, 0.5) is 0 Å². The van der Waals surface area contributed by atoms with Crippen molar-refractivity contribution in [3.8, 4) is 0 Å². The van der Waals surface area contributed by atoms with Crippen molar-refractivity contribution in [2.24, 2.45) is 0 Å². The Hall–Kier alpha value is -0.880. The molecule has 0 aromatic carbocycles. The summed E-state index contributed by atoms with van der Waals surface area (Å²) in [5.74, 6) is 0. The van der Waals surface area contributed by atoms with E-state index < -0.39 is 10.1 Å². The van der Waals surface area contributed by atoms with E-state index >= 15 is 0 Å². The molecule has 0 amide bonds. The second kappa shape index (κ2) is 4.18. The number of nitrogens with zero attached hydrogens (tertiary/aromatic N) is 2. The third-order valence-electron chi connectivity index (χ3n) is 2.77. The molecule has 1 aromatic heterocycles. The van der Waals surface area contributed by atoms with Gasteiger partial charge in [-0.1, -0.05) is 0 Å². The highest BCUT2D eigenvalue weighted by molar-refractivity contribution is 7.86. The Kier molecular flexibility index (Phi) is 3.03. The van der Waals surface area contributed by atoms with Crippen molar-refractivity contribution in [3.63, 3.8) is 0 Å². The molecule has 5 nitrogen and oxygen atoms in total. The summed E-state index contributed by atoms with van der Waals surface area (Å²) in [4.78, 5) is 0. The summed E-state index contributed by atoms with van der Waals surface area (Å²) in [6.45, 7) is 1.99. The predicted octanol–water partition coefficient (Wildman–Crippen LogP) is 1.26. The Morgan fingerprint density at radius 3 is 2.81 bits per heavy atom. The van der Waals surface area contributed by atoms with Crippen molar-refractivity contribution in [2.75, 3.05) is 6.26 Å². The molecule has 2 rings (SSSR count). The molecule has 2 atom stereocenters. The molecule has 1 aliphatic rings. The molecule has 0 bridgehead atoms. The van der Waals surface area contributed by atoms with Crippen molar-refractivity contribution in [1.29, 1.82) is 0 Å². The zero-order chi connectivity index (χ0) is 11.8. The van der Waals surface area contributed by atoms with Crippen molar-refractivity contribution in [1.82, 2.24) is 9.78 Å². The van der Waals surface area contributed by atoms with Crippen molar-refractivity contribution >= 4 is 10.1 Å². The molecule has 1 aromatic rings. The number of aryl methyl sites for hydroxylation is 1. The van der Waals surface area contributed by atoms with E-state index in [1.807, 2.05) is 24.0 Å². The average Bonchev–Trinajstić information content (AvgIpc) is 2.71. The summed E-state index contributed by atoms with van der Waals surface area (Å²) in [5.41, 5.74) is 1.12. The smallest absolute Gasteiger partial charge is 0.264 e. The maximum atomic E-state index is 11.0. The SMILES string of the molecule is Cc1cnn([C@@H]2CC[C@H](OS(C)(=O)=O)C2)c1. The van der Waals surface area contributed by atoms with Crippen LogP contribution in [0, 0.1) is 6.92 Å². The number of hydrogen-bond acceptors (Lipinski definition) is 4. The first-order valence-corrected chi connectivity index (χ1v) is 7.15. The lowest BCUT2D eigenvalue weighted by Crippen LogP contribution is -2.15. The fraction of sp³-hybridized carbons (Fsp3) is 0.700. The first-order chi connectivity index (χ1) is 7.44. The van der Waals surface area contributed by atoms with E-state index in [9.17, 15) is 8.42 Å². The molecule has 1 fully saturated rings. The Morgan fingerprint density at radius 1 is 1.50 bits per heavy atom. The van der Waals surface area contributed by atoms with Gasteiger partial charge in [-0.15, -0.1) is 0 Å². The molecule has 1 heterocycles. The van der Waals surface area contributed by atoms with Gasteiger partial charge in [0.2, 0.25) is 0 Å². The molecule has 0 aliphatic heterocycles. The second-order valence-corrected chi connectivity index (χ2v) is 5.99. The van der Waals surface area contributed by atoms with E-state index in [4.69, 9.17) is 4.18 Å². The van der Waals surface area contributed by atoms with Gasteiger partial charge < -0.3 is 0 Å². The Balaban J connectivity index is 1.98. The molecule has 0 saturated heterocycles. The maximum Gasteiger partial charge on any atom is 0.264 e. The highest BCUT2D eigenvalue weighted by atomic mass is 32.2. The molecule has 6 heteroatoms. The molecule has 0 unspecified atom stereocenters. The molecule has 1 saturated carbocycles. The minimum Gasteiger partial charge on any atom is -0.269 e. The van der Waals surface area contributed by atoms with Gasteiger partial charge in [0.25, 0.3) is 10.1 Å². The third kappa shape index (κ3) is 2.82. The number of hydrogen-bond donors (Lipinski definition) is 0. The van der Waals surface area contributed by atoms with Crippen LogP contribution in [-0.4, -0.2) is 30.6 Å². The van der Waals surface area contributed by atoms with Crippen molar-refractivity contribution in [3.05, 3.63) is 18.0 Å². The Bertz CT molecular complexity index is 466. The van der Waals surface area contributed by atoms with Crippen LogP contribution in [0.25, 0.3) is 0 Å². The van der Waals surface area contributed by atoms with E-state index in [0.717, 1.165) is 24.7 Å². The first kappa shape index (κ1) is 11.6. The van der Waals surface area contributed by atoms with Crippen LogP contribution in [0.1, 0.15) is 30.9 Å². The van der Waals surface area contributed by atoms with Crippen LogP contribution < -0.4 is 0 Å². The molecular weight excluding hydrogens is 228 g/mol. The second-order valence-electron chi connectivity index (χ2n) is 4.39. The van der Waals surface area contributed by atoms with Gasteiger partial charge >= 0.3 is 0 Å². The lowest BCUT2D eigenvalue weighted by Gasteiger charge is -2.11. The molecular formula is C10H16N2O3S. The van der Waals surface area contributed by atoms with Crippen LogP contribution in [-0.2, 0) is 14.3 Å². The topological polar surface area (TPSA) is 61.2 Å². The molecule has 0 spiro atoms. The fourth-order valence-corrected chi connectivity index (χ4v) is 2.79. The standard InChI is InChI=1S/C10H16N2O3S/c1-8-6-11-12(7-8)9-3-4-10(5-9)15-16(2,13)14/h6-7,9-10H,3-5H2,1-2H3/t9-,10+/m1/s1. The van der Waals surface area contributed by atoms with Gasteiger partial charge in [0.1, 0.15) is 0 Å². The summed E-state index contributed by atoms with van der Waals surface area (Å²) in [7, 11) is -3.34. The summed E-state index contributed by atoms with van der Waals surface area (Å²) in [6, 6.07) is 0.264. The van der Waals surface area contributed by atoms with Crippen LogP contribution in [0.3, 0.4) is 0 Å². The highest BCUT2D eigenvalue weighted by Gasteiger charge is 2.29. The van der Waals surface area contributed by atoms with Crippen LogP contribution in [0.5, 0.6) is 0 Å². The molecule has 90 valence electrons. The van der Waals surface area contributed by atoms with Crippen molar-refractivity contribution in [2.45, 2.75) is 38.3 Å². The van der Waals surface area contributed by atoms with E-state index in [1.165, 1.54) is 0 Å². The van der Waals surface area contributed by atoms with Gasteiger partial charge in [-0.25, -0.2) is 0 Å². The van der Waals surface area contributed by atoms with Gasteiger partial charge in [-0.2, -0.15) is 13.5 Å². The van der Waals surface area contributed by atoms with E-state index in [0.29, 0.717) is 6.42 Å². The van der Waals surface area contributed by atoms with Crippen LogP contribution >= 0.6 is 0 Å². The maximum absolute atomic E-state index is 11.0. The minimum absolute atomic E-state index is 0.190. The summed E-state index contributed by atoms with van der Waals surface area (Å²) in [5, 5.41) is 4.24. The van der Waals surface area contributed by atoms with Crippen LogP contribution in [0.2, 0.25) is 0 Å². The van der Waals surface area contributed by atoms with Gasteiger partial charge in [-0.05, 0) is 31.7 Å². The fourth-order valence-electron chi connectivity index (χ4n) is 2.13. The normalized spacial score (nSPS) is 26.1. The monoisotopic (exact) mass is 244 g/mol. The summed E-state index contributed by atoms with van der Waals surface area (Å²) < 4.78 is 28.9. The zero-order valence-electron chi connectivity index (χ0n) is 9.46. The lowest BCUT2D eigenvalue weighted by atomic mass is 10.2. The van der Waals surface area contributed by atoms with E-state index in [2.05, 4.69) is 5.10 Å². The van der Waals surface area contributed by atoms with Gasteiger partial charge in [0, 0.05) is 6.20 Å². The summed E-state index contributed by atoms with van der Waals surface area (Å²) in [6.07, 6.45) is 7.10. The van der Waals surface area contributed by atoms with Gasteiger partial charge in [0.05, 0.1) is 24.6 Å². The number of aromatic nitrogens is 2. The lowest BCUT2D eigenvalue weighted by molar-refractivity contribution is 0.213. The molecule has 0 N–H and O–H groups in total. The number of rotatable bonds is 3. The average molecular weight is 244 g/mol. The Labute approximate surface area is 95.5 Å². The zero-order valence-corrected chi connectivity index (χ0v) is 10.3. The molecule has 16 heavy (non-hydrogen) atoms. The molecule has 1 aliphatic carbocycles. The largest absolute Gasteiger partial charge is 0.269 e. The Morgan fingerprint density at radius 2 is 2.25 bits per heavy atom. The minimum atomic E-state index is -3.34. The van der Waals surface area contributed by atoms with Crippen LogP contribution in [0.15, 0.2) is 12.4 Å². The van der Waals surface area contributed by atoms with Gasteiger partial charge in [-0.3, -0.25) is 8.86 Å². The quantitative estimate of drug-likeness (QED) is 0.751. The summed E-state index contributed by atoms with van der Waals surface area (Å²) >= 11 is 0. The van der Waals surface area contributed by atoms with E-state index in [-0.39, 0.29) is 12.1 Å². The first-order valence-electron chi connectivity index (χ1n) is 5.33. The molecule has 0 radical (unpaired) electrons.